The first-order chi connectivity index (χ1) is 10.9. The van der Waals surface area contributed by atoms with E-state index in [4.69, 9.17) is 0 Å². The zero-order chi connectivity index (χ0) is 15.1. The standard InChI is InChI=1S/C19H13N.C2H6/c1-2-6-13-12(5-1)11-17-14(13)9-10-16-15-7-3-4-8-18(15)20-19(16)17;1-2/h1-10,20H,11H2;1-2H3. The lowest BCUT2D eigenvalue weighted by atomic mass is 10.0. The lowest BCUT2D eigenvalue weighted by Gasteiger charge is -2.01. The molecule has 1 heterocycles. The molecule has 1 aromatic heterocycles. The van der Waals surface area contributed by atoms with E-state index in [-0.39, 0.29) is 0 Å². The minimum absolute atomic E-state index is 1.04. The molecule has 0 saturated heterocycles. The summed E-state index contributed by atoms with van der Waals surface area (Å²) < 4.78 is 0. The van der Waals surface area contributed by atoms with Crippen molar-refractivity contribution in [2.24, 2.45) is 0 Å². The Morgan fingerprint density at radius 2 is 1.50 bits per heavy atom. The van der Waals surface area contributed by atoms with Crippen LogP contribution in [0.5, 0.6) is 0 Å². The maximum Gasteiger partial charge on any atom is 0.0507 e. The third-order valence-electron chi connectivity index (χ3n) is 4.46. The molecule has 0 spiro atoms. The predicted octanol–water partition coefficient (Wildman–Crippen LogP) is 5.92. The van der Waals surface area contributed by atoms with Crippen LogP contribution in [0.2, 0.25) is 0 Å². The summed E-state index contributed by atoms with van der Waals surface area (Å²) in [6, 6.07) is 21.8. The average molecular weight is 285 g/mol. The van der Waals surface area contributed by atoms with E-state index in [1.165, 1.54) is 44.1 Å². The Morgan fingerprint density at radius 3 is 2.41 bits per heavy atom. The fraction of sp³-hybridized carbons (Fsp3) is 0.143. The topological polar surface area (TPSA) is 15.8 Å². The van der Waals surface area contributed by atoms with Gasteiger partial charge in [-0.15, -0.1) is 0 Å². The molecule has 108 valence electrons. The third-order valence-corrected chi connectivity index (χ3v) is 4.46. The first-order valence-electron chi connectivity index (χ1n) is 8.02. The molecule has 0 saturated carbocycles. The van der Waals surface area contributed by atoms with Crippen molar-refractivity contribution in [1.29, 1.82) is 0 Å². The normalized spacial score (nSPS) is 11.9. The van der Waals surface area contributed by atoms with E-state index in [0.29, 0.717) is 0 Å². The molecule has 1 heteroatoms. The van der Waals surface area contributed by atoms with Gasteiger partial charge in [0.15, 0.2) is 0 Å². The minimum Gasteiger partial charge on any atom is -0.354 e. The highest BCUT2D eigenvalue weighted by Crippen LogP contribution is 2.41. The predicted molar refractivity (Wildman–Crippen MR) is 95.4 cm³/mol. The molecule has 4 aromatic rings. The van der Waals surface area contributed by atoms with Gasteiger partial charge < -0.3 is 4.98 Å². The van der Waals surface area contributed by atoms with E-state index >= 15 is 0 Å². The van der Waals surface area contributed by atoms with Crippen molar-refractivity contribution in [3.8, 4) is 11.1 Å². The smallest absolute Gasteiger partial charge is 0.0507 e. The van der Waals surface area contributed by atoms with Gasteiger partial charge in [0.25, 0.3) is 0 Å². The van der Waals surface area contributed by atoms with E-state index in [2.05, 4.69) is 65.6 Å². The first-order valence-corrected chi connectivity index (χ1v) is 8.02. The summed E-state index contributed by atoms with van der Waals surface area (Å²) in [6.45, 7) is 4.00. The molecule has 0 amide bonds. The first kappa shape index (κ1) is 13.1. The van der Waals surface area contributed by atoms with Crippen molar-refractivity contribution >= 4 is 21.8 Å². The minimum atomic E-state index is 1.04. The van der Waals surface area contributed by atoms with Gasteiger partial charge in [0, 0.05) is 22.7 Å². The van der Waals surface area contributed by atoms with Crippen molar-refractivity contribution in [2.45, 2.75) is 20.3 Å². The van der Waals surface area contributed by atoms with Crippen molar-refractivity contribution < 1.29 is 0 Å². The van der Waals surface area contributed by atoms with Crippen molar-refractivity contribution in [3.63, 3.8) is 0 Å². The summed E-state index contributed by atoms with van der Waals surface area (Å²) in [5.74, 6) is 0. The second-order valence-electron chi connectivity index (χ2n) is 5.52. The van der Waals surface area contributed by atoms with Crippen LogP contribution in [-0.2, 0) is 6.42 Å². The zero-order valence-electron chi connectivity index (χ0n) is 13.0. The summed E-state index contributed by atoms with van der Waals surface area (Å²) in [4.78, 5) is 3.61. The third kappa shape index (κ3) is 1.72. The molecule has 5 rings (SSSR count). The Bertz CT molecular complexity index is 976. The molecule has 1 aliphatic carbocycles. The molecule has 22 heavy (non-hydrogen) atoms. The van der Waals surface area contributed by atoms with Crippen LogP contribution in [0.25, 0.3) is 32.9 Å². The Balaban J connectivity index is 0.000000602. The lowest BCUT2D eigenvalue weighted by Crippen LogP contribution is -1.82. The van der Waals surface area contributed by atoms with Gasteiger partial charge >= 0.3 is 0 Å². The van der Waals surface area contributed by atoms with Gasteiger partial charge in [-0.1, -0.05) is 68.4 Å². The molecule has 0 aliphatic heterocycles. The second-order valence-corrected chi connectivity index (χ2v) is 5.52. The second kappa shape index (κ2) is 5.03. The SMILES string of the molecule is CC.c1ccc2c(c1)Cc1c-2ccc2c1[nH]c1ccccc12. The molecule has 1 N–H and O–H groups in total. The molecule has 3 aromatic carbocycles. The molecule has 1 nitrogen and oxygen atoms in total. The average Bonchev–Trinajstić information content (AvgIpc) is 3.15. The van der Waals surface area contributed by atoms with E-state index in [0.717, 1.165) is 6.42 Å². The van der Waals surface area contributed by atoms with E-state index in [1.807, 2.05) is 13.8 Å². The van der Waals surface area contributed by atoms with Gasteiger partial charge in [-0.25, -0.2) is 0 Å². The highest BCUT2D eigenvalue weighted by Gasteiger charge is 2.21. The van der Waals surface area contributed by atoms with Crippen molar-refractivity contribution in [3.05, 3.63) is 71.8 Å². The van der Waals surface area contributed by atoms with Crippen LogP contribution < -0.4 is 0 Å². The molecular formula is C21H19N. The fourth-order valence-electron chi connectivity index (χ4n) is 3.54. The zero-order valence-corrected chi connectivity index (χ0v) is 13.0. The molecular weight excluding hydrogens is 266 g/mol. The number of rotatable bonds is 0. The van der Waals surface area contributed by atoms with Crippen LogP contribution in [0.4, 0.5) is 0 Å². The largest absolute Gasteiger partial charge is 0.354 e. The maximum absolute atomic E-state index is 3.61. The summed E-state index contributed by atoms with van der Waals surface area (Å²) in [5, 5.41) is 2.66. The number of para-hydroxylation sites is 1. The summed E-state index contributed by atoms with van der Waals surface area (Å²) >= 11 is 0. The van der Waals surface area contributed by atoms with Crippen LogP contribution >= 0.6 is 0 Å². The van der Waals surface area contributed by atoms with E-state index in [9.17, 15) is 0 Å². The van der Waals surface area contributed by atoms with Gasteiger partial charge in [0.2, 0.25) is 0 Å². The number of nitrogens with one attached hydrogen (secondary N) is 1. The molecule has 0 atom stereocenters. The monoisotopic (exact) mass is 285 g/mol. The Labute approximate surface area is 130 Å². The fourth-order valence-corrected chi connectivity index (χ4v) is 3.54. The number of aromatic nitrogens is 1. The van der Waals surface area contributed by atoms with Crippen LogP contribution in [-0.4, -0.2) is 4.98 Å². The van der Waals surface area contributed by atoms with Crippen LogP contribution in [0.15, 0.2) is 60.7 Å². The van der Waals surface area contributed by atoms with Crippen LogP contribution in [0.3, 0.4) is 0 Å². The number of aromatic amines is 1. The van der Waals surface area contributed by atoms with Crippen LogP contribution in [0, 0.1) is 0 Å². The number of hydrogen-bond donors (Lipinski definition) is 1. The van der Waals surface area contributed by atoms with Crippen molar-refractivity contribution in [1.82, 2.24) is 4.98 Å². The summed E-state index contributed by atoms with van der Waals surface area (Å²) in [5.41, 5.74) is 8.20. The summed E-state index contributed by atoms with van der Waals surface area (Å²) in [7, 11) is 0. The highest BCUT2D eigenvalue weighted by molar-refractivity contribution is 6.10. The van der Waals surface area contributed by atoms with Gasteiger partial charge in [-0.2, -0.15) is 0 Å². The highest BCUT2D eigenvalue weighted by atomic mass is 14.7. The molecule has 0 fully saturated rings. The van der Waals surface area contributed by atoms with Gasteiger partial charge in [-0.3, -0.25) is 0 Å². The quantitative estimate of drug-likeness (QED) is 0.363. The van der Waals surface area contributed by atoms with Crippen molar-refractivity contribution in [2.75, 3.05) is 0 Å². The number of fused-ring (bicyclic) bond motifs is 7. The Hall–Kier alpha value is -2.54. The number of benzene rings is 3. The lowest BCUT2D eigenvalue weighted by molar-refractivity contribution is 1.27. The Morgan fingerprint density at radius 1 is 0.727 bits per heavy atom. The number of hydrogen-bond acceptors (Lipinski definition) is 0. The Kier molecular flexibility index (Phi) is 3.00. The maximum atomic E-state index is 3.61. The molecule has 0 bridgehead atoms. The van der Waals surface area contributed by atoms with Crippen LogP contribution in [0.1, 0.15) is 25.0 Å². The molecule has 1 aliphatic rings. The van der Waals surface area contributed by atoms with E-state index in [1.54, 1.807) is 0 Å². The molecule has 0 radical (unpaired) electrons. The van der Waals surface area contributed by atoms with Gasteiger partial charge in [0.1, 0.15) is 0 Å². The van der Waals surface area contributed by atoms with Gasteiger partial charge in [-0.05, 0) is 28.3 Å². The van der Waals surface area contributed by atoms with E-state index < -0.39 is 0 Å². The van der Waals surface area contributed by atoms with Gasteiger partial charge in [0.05, 0.1) is 5.52 Å². The molecule has 0 unspecified atom stereocenters. The number of H-pyrrole nitrogens is 1. The summed E-state index contributed by atoms with van der Waals surface area (Å²) in [6.07, 6.45) is 1.04.